The van der Waals surface area contributed by atoms with Gasteiger partial charge < -0.3 is 10.6 Å². The summed E-state index contributed by atoms with van der Waals surface area (Å²) in [5.41, 5.74) is 2.56. The first-order chi connectivity index (χ1) is 9.92. The molecule has 0 fully saturated rings. The van der Waals surface area contributed by atoms with E-state index in [1.807, 2.05) is 39.8 Å². The second-order valence-corrected chi connectivity index (χ2v) is 5.42. The number of allylic oxidation sites excluding steroid dienone is 1. The van der Waals surface area contributed by atoms with Crippen molar-refractivity contribution in [2.45, 2.75) is 46.7 Å². The molecule has 0 bridgehead atoms. The van der Waals surface area contributed by atoms with E-state index in [0.29, 0.717) is 12.1 Å². The lowest BCUT2D eigenvalue weighted by atomic mass is 10.1. The third-order valence-corrected chi connectivity index (χ3v) is 3.09. The van der Waals surface area contributed by atoms with Gasteiger partial charge in [-0.2, -0.15) is 0 Å². The lowest BCUT2D eigenvalue weighted by Crippen LogP contribution is -2.31. The number of rotatable bonds is 6. The first-order valence-corrected chi connectivity index (χ1v) is 7.25. The van der Waals surface area contributed by atoms with Gasteiger partial charge in [-0.15, -0.1) is 0 Å². The molecule has 0 radical (unpaired) electrons. The lowest BCUT2D eigenvalue weighted by molar-refractivity contribution is -0.116. The fourth-order valence-corrected chi connectivity index (χ4v) is 1.69. The minimum Gasteiger partial charge on any atom is -0.350 e. The normalized spacial score (nSPS) is 11.4. The molecule has 114 valence electrons. The van der Waals surface area contributed by atoms with E-state index in [2.05, 4.69) is 10.6 Å². The standard InChI is InChI=1S/C17H24N2O2/c1-5-13(4)19-17(21)15-8-6-14(7-9-15)11-18-16(20)10-12(2)3/h6-10,13H,5,11H2,1-4H3,(H,18,20)(H,19,21)/t13-/m0/s1. The Labute approximate surface area is 126 Å². The van der Waals surface area contributed by atoms with E-state index < -0.39 is 0 Å². The topological polar surface area (TPSA) is 58.2 Å². The number of hydrogen-bond acceptors (Lipinski definition) is 2. The Morgan fingerprint density at radius 3 is 2.33 bits per heavy atom. The average Bonchev–Trinajstić information content (AvgIpc) is 2.44. The maximum absolute atomic E-state index is 11.9. The van der Waals surface area contributed by atoms with E-state index in [-0.39, 0.29) is 17.9 Å². The van der Waals surface area contributed by atoms with Crippen LogP contribution in [0.1, 0.15) is 50.0 Å². The highest BCUT2D eigenvalue weighted by Crippen LogP contribution is 2.05. The molecule has 0 spiro atoms. The molecule has 4 heteroatoms. The van der Waals surface area contributed by atoms with Crippen molar-refractivity contribution in [1.82, 2.24) is 10.6 Å². The molecule has 2 amide bonds. The molecule has 0 aliphatic heterocycles. The van der Waals surface area contributed by atoms with E-state index in [9.17, 15) is 9.59 Å². The van der Waals surface area contributed by atoms with Crippen molar-refractivity contribution in [1.29, 1.82) is 0 Å². The molecular weight excluding hydrogens is 264 g/mol. The van der Waals surface area contributed by atoms with Gasteiger partial charge in [-0.3, -0.25) is 9.59 Å². The van der Waals surface area contributed by atoms with Crippen molar-refractivity contribution in [2.75, 3.05) is 0 Å². The van der Waals surface area contributed by atoms with Crippen LogP contribution < -0.4 is 10.6 Å². The van der Waals surface area contributed by atoms with Gasteiger partial charge in [0.15, 0.2) is 0 Å². The van der Waals surface area contributed by atoms with Crippen molar-refractivity contribution in [2.24, 2.45) is 0 Å². The molecule has 0 aliphatic rings. The van der Waals surface area contributed by atoms with Crippen LogP contribution in [0.25, 0.3) is 0 Å². The van der Waals surface area contributed by atoms with Gasteiger partial charge in [-0.05, 0) is 44.9 Å². The van der Waals surface area contributed by atoms with Crippen LogP contribution in [-0.4, -0.2) is 17.9 Å². The van der Waals surface area contributed by atoms with Gasteiger partial charge in [0.25, 0.3) is 5.91 Å². The molecule has 0 aliphatic carbocycles. The van der Waals surface area contributed by atoms with Crippen molar-refractivity contribution < 1.29 is 9.59 Å². The molecule has 21 heavy (non-hydrogen) atoms. The fraction of sp³-hybridized carbons (Fsp3) is 0.412. The van der Waals surface area contributed by atoms with Crippen LogP contribution in [0.3, 0.4) is 0 Å². The van der Waals surface area contributed by atoms with E-state index in [0.717, 1.165) is 17.6 Å². The first-order valence-electron chi connectivity index (χ1n) is 7.25. The van der Waals surface area contributed by atoms with E-state index in [1.54, 1.807) is 18.2 Å². The summed E-state index contributed by atoms with van der Waals surface area (Å²) in [5, 5.41) is 5.73. The lowest BCUT2D eigenvalue weighted by Gasteiger charge is -2.11. The highest BCUT2D eigenvalue weighted by Gasteiger charge is 2.08. The van der Waals surface area contributed by atoms with E-state index in [1.165, 1.54) is 0 Å². The molecular formula is C17H24N2O2. The molecule has 1 atom stereocenters. The Morgan fingerprint density at radius 2 is 1.81 bits per heavy atom. The van der Waals surface area contributed by atoms with Crippen LogP contribution in [0, 0.1) is 0 Å². The van der Waals surface area contributed by atoms with E-state index in [4.69, 9.17) is 0 Å². The predicted molar refractivity (Wildman–Crippen MR) is 84.9 cm³/mol. The zero-order valence-corrected chi connectivity index (χ0v) is 13.2. The Balaban J connectivity index is 2.56. The Hall–Kier alpha value is -2.10. The number of nitrogens with one attached hydrogen (secondary N) is 2. The van der Waals surface area contributed by atoms with Gasteiger partial charge in [0.05, 0.1) is 0 Å². The average molecular weight is 288 g/mol. The summed E-state index contributed by atoms with van der Waals surface area (Å²) in [4.78, 5) is 23.4. The van der Waals surface area contributed by atoms with Crippen molar-refractivity contribution in [3.05, 3.63) is 47.0 Å². The van der Waals surface area contributed by atoms with Gasteiger partial charge >= 0.3 is 0 Å². The molecule has 0 heterocycles. The number of carbonyl (C=O) groups excluding carboxylic acids is 2. The maximum Gasteiger partial charge on any atom is 0.251 e. The zero-order chi connectivity index (χ0) is 15.8. The minimum absolute atomic E-state index is 0.0653. The fourth-order valence-electron chi connectivity index (χ4n) is 1.69. The summed E-state index contributed by atoms with van der Waals surface area (Å²) in [6, 6.07) is 7.43. The smallest absolute Gasteiger partial charge is 0.251 e. The minimum atomic E-state index is -0.103. The molecule has 1 aromatic carbocycles. The molecule has 4 nitrogen and oxygen atoms in total. The summed E-state index contributed by atoms with van der Waals surface area (Å²) in [5.74, 6) is -0.168. The molecule has 0 saturated heterocycles. The quantitative estimate of drug-likeness (QED) is 0.791. The molecule has 0 aromatic heterocycles. The highest BCUT2D eigenvalue weighted by molar-refractivity contribution is 5.94. The van der Waals surface area contributed by atoms with Gasteiger partial charge in [0.1, 0.15) is 0 Å². The molecule has 0 unspecified atom stereocenters. The van der Waals surface area contributed by atoms with Gasteiger partial charge in [-0.25, -0.2) is 0 Å². The predicted octanol–water partition coefficient (Wildman–Crippen LogP) is 2.80. The van der Waals surface area contributed by atoms with Gasteiger partial charge in [-0.1, -0.05) is 24.6 Å². The van der Waals surface area contributed by atoms with Gasteiger partial charge in [0.2, 0.25) is 5.91 Å². The SMILES string of the molecule is CC[C@H](C)NC(=O)c1ccc(CNC(=O)C=C(C)C)cc1. The van der Waals surface area contributed by atoms with Crippen LogP contribution >= 0.6 is 0 Å². The summed E-state index contributed by atoms with van der Waals surface area (Å²) >= 11 is 0. The van der Waals surface area contributed by atoms with Crippen molar-refractivity contribution in [3.63, 3.8) is 0 Å². The highest BCUT2D eigenvalue weighted by atomic mass is 16.2. The summed E-state index contributed by atoms with van der Waals surface area (Å²) < 4.78 is 0. The van der Waals surface area contributed by atoms with Crippen LogP contribution in [0.5, 0.6) is 0 Å². The number of hydrogen-bond donors (Lipinski definition) is 2. The number of benzene rings is 1. The van der Waals surface area contributed by atoms with Crippen LogP contribution in [0.15, 0.2) is 35.9 Å². The van der Waals surface area contributed by atoms with E-state index >= 15 is 0 Å². The molecule has 1 rings (SSSR count). The van der Waals surface area contributed by atoms with Crippen LogP contribution in [0.2, 0.25) is 0 Å². The zero-order valence-electron chi connectivity index (χ0n) is 13.2. The third-order valence-electron chi connectivity index (χ3n) is 3.09. The first kappa shape index (κ1) is 17.0. The summed E-state index contributed by atoms with van der Waals surface area (Å²) in [7, 11) is 0. The number of carbonyl (C=O) groups is 2. The Morgan fingerprint density at radius 1 is 1.19 bits per heavy atom. The second-order valence-electron chi connectivity index (χ2n) is 5.42. The monoisotopic (exact) mass is 288 g/mol. The molecule has 0 saturated carbocycles. The van der Waals surface area contributed by atoms with Crippen molar-refractivity contribution in [3.8, 4) is 0 Å². The molecule has 2 N–H and O–H groups in total. The Bertz CT molecular complexity index is 514. The summed E-state index contributed by atoms with van der Waals surface area (Å²) in [6.07, 6.45) is 2.47. The van der Waals surface area contributed by atoms with Gasteiger partial charge in [0, 0.05) is 24.2 Å². The van der Waals surface area contributed by atoms with Crippen molar-refractivity contribution >= 4 is 11.8 Å². The largest absolute Gasteiger partial charge is 0.350 e. The summed E-state index contributed by atoms with van der Waals surface area (Å²) in [6.45, 7) is 8.22. The molecule has 1 aromatic rings. The second kappa shape index (κ2) is 8.25. The third kappa shape index (κ3) is 6.25. The maximum atomic E-state index is 11.9. The number of amides is 2. The van der Waals surface area contributed by atoms with Crippen LogP contribution in [-0.2, 0) is 11.3 Å². The van der Waals surface area contributed by atoms with Crippen LogP contribution in [0.4, 0.5) is 0 Å². The Kier molecular flexibility index (Phi) is 6.66.